The van der Waals surface area contributed by atoms with Crippen molar-refractivity contribution in [2.75, 3.05) is 24.1 Å². The zero-order valence-corrected chi connectivity index (χ0v) is 9.07. The van der Waals surface area contributed by atoms with Gasteiger partial charge in [0.1, 0.15) is 5.82 Å². The summed E-state index contributed by atoms with van der Waals surface area (Å²) in [5.74, 6) is 1.22. The van der Waals surface area contributed by atoms with Crippen molar-refractivity contribution in [1.29, 1.82) is 0 Å². The molecule has 1 heterocycles. The van der Waals surface area contributed by atoms with Gasteiger partial charge in [-0.3, -0.25) is 4.79 Å². The van der Waals surface area contributed by atoms with Gasteiger partial charge in [-0.15, -0.1) is 0 Å². The second kappa shape index (κ2) is 4.83. The number of rotatable bonds is 5. The molecule has 0 spiro atoms. The maximum atomic E-state index is 11.3. The Morgan fingerprint density at radius 3 is 2.88 bits per heavy atom. The number of carbonyl (C=O) groups excluding carboxylic acids is 1. The molecule has 0 unspecified atom stereocenters. The first kappa shape index (κ1) is 10.7. The zero-order valence-electron chi connectivity index (χ0n) is 9.07. The predicted octanol–water partition coefficient (Wildman–Crippen LogP) is 0.602. The topological polar surface area (TPSA) is 80.0 Å². The summed E-state index contributed by atoms with van der Waals surface area (Å²) >= 11 is 0. The third-order valence-corrected chi connectivity index (χ3v) is 2.46. The minimum atomic E-state index is 0.173. The fraction of sp³-hybridized carbons (Fsp3) is 0.455. The minimum Gasteiger partial charge on any atom is -0.397 e. The Morgan fingerprint density at radius 1 is 1.44 bits per heavy atom. The summed E-state index contributed by atoms with van der Waals surface area (Å²) in [6, 6.07) is 3.61. The Kier molecular flexibility index (Phi) is 3.24. The standard InChI is InChI=1S/C11H16N4O/c12-9-3-4-10(15-7-9)13-5-6-14-11(16)8-1-2-8/h3-4,7-8H,1-2,5-6,12H2,(H,13,15)(H,14,16). The van der Waals surface area contributed by atoms with Crippen LogP contribution in [0.5, 0.6) is 0 Å². The van der Waals surface area contributed by atoms with Crippen LogP contribution in [-0.4, -0.2) is 24.0 Å². The molecule has 4 N–H and O–H groups in total. The molecule has 1 amide bonds. The first-order valence-electron chi connectivity index (χ1n) is 5.49. The van der Waals surface area contributed by atoms with E-state index in [1.807, 2.05) is 6.07 Å². The number of aromatic nitrogens is 1. The SMILES string of the molecule is Nc1ccc(NCCNC(=O)C2CC2)nc1. The average Bonchev–Trinajstić information content (AvgIpc) is 3.10. The van der Waals surface area contributed by atoms with Gasteiger partial charge in [0.15, 0.2) is 0 Å². The predicted molar refractivity (Wildman–Crippen MR) is 62.9 cm³/mol. The van der Waals surface area contributed by atoms with Crippen LogP contribution in [0.4, 0.5) is 11.5 Å². The van der Waals surface area contributed by atoms with Crippen LogP contribution < -0.4 is 16.4 Å². The van der Waals surface area contributed by atoms with Gasteiger partial charge in [-0.25, -0.2) is 4.98 Å². The lowest BCUT2D eigenvalue weighted by Gasteiger charge is -2.06. The number of hydrogen-bond donors (Lipinski definition) is 3. The van der Waals surface area contributed by atoms with Gasteiger partial charge in [0, 0.05) is 19.0 Å². The van der Waals surface area contributed by atoms with Gasteiger partial charge in [-0.1, -0.05) is 0 Å². The Balaban J connectivity index is 1.63. The van der Waals surface area contributed by atoms with Crippen molar-refractivity contribution in [3.8, 4) is 0 Å². The van der Waals surface area contributed by atoms with Crippen molar-refractivity contribution >= 4 is 17.4 Å². The van der Waals surface area contributed by atoms with Crippen molar-refractivity contribution < 1.29 is 4.79 Å². The molecule has 0 aliphatic heterocycles. The third-order valence-electron chi connectivity index (χ3n) is 2.46. The highest BCUT2D eigenvalue weighted by atomic mass is 16.2. The molecule has 16 heavy (non-hydrogen) atoms. The molecule has 2 rings (SSSR count). The maximum absolute atomic E-state index is 11.3. The highest BCUT2D eigenvalue weighted by molar-refractivity contribution is 5.80. The molecule has 5 nitrogen and oxygen atoms in total. The van der Waals surface area contributed by atoms with Gasteiger partial charge in [-0.2, -0.15) is 0 Å². The van der Waals surface area contributed by atoms with Gasteiger partial charge in [0.05, 0.1) is 11.9 Å². The number of anilines is 2. The Labute approximate surface area is 94.4 Å². The van der Waals surface area contributed by atoms with Crippen LogP contribution in [0.1, 0.15) is 12.8 Å². The number of pyridine rings is 1. The van der Waals surface area contributed by atoms with E-state index >= 15 is 0 Å². The molecule has 1 aliphatic carbocycles. The molecular formula is C11H16N4O. The molecule has 1 fully saturated rings. The van der Waals surface area contributed by atoms with Gasteiger partial charge in [0.25, 0.3) is 0 Å². The highest BCUT2D eigenvalue weighted by Gasteiger charge is 2.28. The number of carbonyl (C=O) groups is 1. The first-order valence-corrected chi connectivity index (χ1v) is 5.49. The van der Waals surface area contributed by atoms with E-state index < -0.39 is 0 Å². The van der Waals surface area contributed by atoms with Crippen LogP contribution in [0.3, 0.4) is 0 Å². The molecule has 0 atom stereocenters. The molecule has 86 valence electrons. The van der Waals surface area contributed by atoms with E-state index in [1.165, 1.54) is 0 Å². The van der Waals surface area contributed by atoms with Gasteiger partial charge >= 0.3 is 0 Å². The molecule has 1 saturated carbocycles. The summed E-state index contributed by atoms with van der Waals surface area (Å²) in [5, 5.41) is 5.98. The van der Waals surface area contributed by atoms with Gasteiger partial charge < -0.3 is 16.4 Å². The lowest BCUT2D eigenvalue weighted by Crippen LogP contribution is -2.29. The molecular weight excluding hydrogens is 204 g/mol. The Hall–Kier alpha value is -1.78. The van der Waals surface area contributed by atoms with Crippen LogP contribution in [-0.2, 0) is 4.79 Å². The van der Waals surface area contributed by atoms with Crippen molar-refractivity contribution in [3.63, 3.8) is 0 Å². The van der Waals surface area contributed by atoms with E-state index in [1.54, 1.807) is 12.3 Å². The number of nitrogen functional groups attached to an aromatic ring is 1. The average molecular weight is 220 g/mol. The minimum absolute atomic E-state index is 0.173. The van der Waals surface area contributed by atoms with Crippen LogP contribution in [0, 0.1) is 5.92 Å². The highest BCUT2D eigenvalue weighted by Crippen LogP contribution is 2.28. The lowest BCUT2D eigenvalue weighted by atomic mass is 10.4. The smallest absolute Gasteiger partial charge is 0.223 e. The van der Waals surface area contributed by atoms with E-state index in [0.29, 0.717) is 18.8 Å². The summed E-state index contributed by atoms with van der Waals surface area (Å²) < 4.78 is 0. The molecule has 1 aromatic rings. The number of nitrogens with one attached hydrogen (secondary N) is 2. The Bertz CT molecular complexity index is 359. The maximum Gasteiger partial charge on any atom is 0.223 e. The van der Waals surface area contributed by atoms with Crippen molar-refractivity contribution in [1.82, 2.24) is 10.3 Å². The van der Waals surface area contributed by atoms with Crippen molar-refractivity contribution in [2.45, 2.75) is 12.8 Å². The molecule has 1 aliphatic rings. The molecule has 0 saturated heterocycles. The van der Waals surface area contributed by atoms with Gasteiger partial charge in [0.2, 0.25) is 5.91 Å². The fourth-order valence-corrected chi connectivity index (χ4v) is 1.38. The quantitative estimate of drug-likeness (QED) is 0.635. The van der Waals surface area contributed by atoms with E-state index in [2.05, 4.69) is 15.6 Å². The summed E-state index contributed by atoms with van der Waals surface area (Å²) in [6.07, 6.45) is 3.68. The number of amides is 1. The largest absolute Gasteiger partial charge is 0.397 e. The molecule has 5 heteroatoms. The fourth-order valence-electron chi connectivity index (χ4n) is 1.38. The normalized spacial score (nSPS) is 14.5. The van der Waals surface area contributed by atoms with Crippen LogP contribution in [0.2, 0.25) is 0 Å². The van der Waals surface area contributed by atoms with E-state index in [4.69, 9.17) is 5.73 Å². The van der Waals surface area contributed by atoms with Crippen molar-refractivity contribution in [3.05, 3.63) is 18.3 Å². The molecule has 1 aromatic heterocycles. The molecule has 0 aromatic carbocycles. The first-order chi connectivity index (χ1) is 7.75. The molecule has 0 bridgehead atoms. The molecule has 0 radical (unpaired) electrons. The lowest BCUT2D eigenvalue weighted by molar-refractivity contribution is -0.122. The van der Waals surface area contributed by atoms with Crippen molar-refractivity contribution in [2.24, 2.45) is 5.92 Å². The van der Waals surface area contributed by atoms with Crippen LogP contribution in [0.15, 0.2) is 18.3 Å². The summed E-state index contributed by atoms with van der Waals surface area (Å²) in [6.45, 7) is 1.30. The number of hydrogen-bond acceptors (Lipinski definition) is 4. The second-order valence-electron chi connectivity index (χ2n) is 3.97. The second-order valence-corrected chi connectivity index (χ2v) is 3.97. The van der Waals surface area contributed by atoms with Crippen LogP contribution >= 0.6 is 0 Å². The summed E-state index contributed by atoms with van der Waals surface area (Å²) in [7, 11) is 0. The summed E-state index contributed by atoms with van der Waals surface area (Å²) in [4.78, 5) is 15.4. The Morgan fingerprint density at radius 2 is 2.25 bits per heavy atom. The van der Waals surface area contributed by atoms with E-state index in [0.717, 1.165) is 18.7 Å². The third kappa shape index (κ3) is 3.12. The number of nitrogens with zero attached hydrogens (tertiary/aromatic N) is 1. The summed E-state index contributed by atoms with van der Waals surface area (Å²) in [5.41, 5.74) is 6.16. The van der Waals surface area contributed by atoms with E-state index in [-0.39, 0.29) is 11.8 Å². The van der Waals surface area contributed by atoms with Gasteiger partial charge in [-0.05, 0) is 25.0 Å². The monoisotopic (exact) mass is 220 g/mol. The van der Waals surface area contributed by atoms with Crippen LogP contribution in [0.25, 0.3) is 0 Å². The number of nitrogens with two attached hydrogens (primary N) is 1. The van der Waals surface area contributed by atoms with E-state index in [9.17, 15) is 4.79 Å². The zero-order chi connectivity index (χ0) is 11.4.